The van der Waals surface area contributed by atoms with Gasteiger partial charge in [-0.3, -0.25) is 0 Å². The SMILES string of the molecule is CC(CNc1nc(Nc2ccc3ncsc3c2)nc(N(C)C)n1)c1ccc(Cl)cc1. The van der Waals surface area contributed by atoms with Gasteiger partial charge >= 0.3 is 0 Å². The summed E-state index contributed by atoms with van der Waals surface area (Å²) in [5, 5.41) is 7.35. The third-order valence-electron chi connectivity index (χ3n) is 4.62. The Labute approximate surface area is 184 Å². The maximum Gasteiger partial charge on any atom is 0.233 e. The van der Waals surface area contributed by atoms with E-state index in [1.807, 2.05) is 67.0 Å². The summed E-state index contributed by atoms with van der Waals surface area (Å²) in [6, 6.07) is 13.9. The molecule has 0 amide bonds. The lowest BCUT2D eigenvalue weighted by molar-refractivity contribution is 0.794. The van der Waals surface area contributed by atoms with Crippen LogP contribution in [0.1, 0.15) is 18.4 Å². The highest BCUT2D eigenvalue weighted by atomic mass is 35.5. The molecule has 0 saturated carbocycles. The highest BCUT2D eigenvalue weighted by molar-refractivity contribution is 7.16. The molecular weight excluding hydrogens is 418 g/mol. The molecular formula is C21H22ClN7S. The average Bonchev–Trinajstić information content (AvgIpc) is 3.20. The number of nitrogens with zero attached hydrogens (tertiary/aromatic N) is 5. The molecule has 4 aromatic rings. The van der Waals surface area contributed by atoms with Crippen LogP contribution in [0.3, 0.4) is 0 Å². The Morgan fingerprint density at radius 1 is 1.03 bits per heavy atom. The maximum atomic E-state index is 5.99. The van der Waals surface area contributed by atoms with E-state index in [0.717, 1.165) is 20.9 Å². The summed E-state index contributed by atoms with van der Waals surface area (Å²) in [6.07, 6.45) is 0. The summed E-state index contributed by atoms with van der Waals surface area (Å²) in [7, 11) is 3.81. The van der Waals surface area contributed by atoms with Crippen LogP contribution in [0.4, 0.5) is 23.5 Å². The van der Waals surface area contributed by atoms with Crippen LogP contribution >= 0.6 is 22.9 Å². The molecule has 2 N–H and O–H groups in total. The number of thiazole rings is 1. The van der Waals surface area contributed by atoms with Crippen molar-refractivity contribution < 1.29 is 0 Å². The zero-order chi connectivity index (χ0) is 21.1. The summed E-state index contributed by atoms with van der Waals surface area (Å²) in [4.78, 5) is 19.8. The van der Waals surface area contributed by atoms with Crippen LogP contribution in [0.25, 0.3) is 10.2 Å². The van der Waals surface area contributed by atoms with Gasteiger partial charge in [-0.2, -0.15) is 15.0 Å². The Bertz CT molecular complexity index is 1140. The number of aromatic nitrogens is 4. The zero-order valence-electron chi connectivity index (χ0n) is 16.9. The van der Waals surface area contributed by atoms with Crippen LogP contribution in [0.15, 0.2) is 48.0 Å². The van der Waals surface area contributed by atoms with E-state index in [0.29, 0.717) is 24.4 Å². The molecule has 0 fully saturated rings. The van der Waals surface area contributed by atoms with E-state index in [4.69, 9.17) is 11.6 Å². The van der Waals surface area contributed by atoms with E-state index < -0.39 is 0 Å². The Balaban J connectivity index is 1.52. The summed E-state index contributed by atoms with van der Waals surface area (Å²) in [5.74, 6) is 1.86. The van der Waals surface area contributed by atoms with Gasteiger partial charge in [0.05, 0.1) is 15.7 Å². The van der Waals surface area contributed by atoms with Gasteiger partial charge in [-0.15, -0.1) is 11.3 Å². The monoisotopic (exact) mass is 439 g/mol. The molecule has 1 atom stereocenters. The van der Waals surface area contributed by atoms with Crippen LogP contribution in [0.5, 0.6) is 0 Å². The first-order valence-electron chi connectivity index (χ1n) is 9.51. The molecule has 0 radical (unpaired) electrons. The number of hydrogen-bond acceptors (Lipinski definition) is 8. The van der Waals surface area contributed by atoms with Crippen molar-refractivity contribution in [2.24, 2.45) is 0 Å². The molecule has 154 valence electrons. The van der Waals surface area contributed by atoms with E-state index in [1.54, 1.807) is 11.3 Å². The minimum absolute atomic E-state index is 0.270. The molecule has 7 nitrogen and oxygen atoms in total. The number of halogens is 1. The molecule has 1 unspecified atom stereocenters. The number of anilines is 4. The number of hydrogen-bond donors (Lipinski definition) is 2. The first-order chi connectivity index (χ1) is 14.5. The first-order valence-corrected chi connectivity index (χ1v) is 10.8. The molecule has 2 aromatic heterocycles. The van der Waals surface area contributed by atoms with Gasteiger partial charge in [0.2, 0.25) is 17.8 Å². The minimum atomic E-state index is 0.270. The van der Waals surface area contributed by atoms with Gasteiger partial charge in [0.15, 0.2) is 0 Å². The second-order valence-electron chi connectivity index (χ2n) is 7.17. The molecule has 0 aliphatic rings. The Hall–Kier alpha value is -2.97. The molecule has 0 saturated heterocycles. The topological polar surface area (TPSA) is 78.9 Å². The summed E-state index contributed by atoms with van der Waals surface area (Å²) < 4.78 is 1.11. The van der Waals surface area contributed by atoms with E-state index in [1.165, 1.54) is 5.56 Å². The van der Waals surface area contributed by atoms with Crippen molar-refractivity contribution in [1.29, 1.82) is 0 Å². The molecule has 0 aliphatic carbocycles. The number of nitrogens with one attached hydrogen (secondary N) is 2. The van der Waals surface area contributed by atoms with Crippen LogP contribution < -0.4 is 15.5 Å². The Morgan fingerprint density at radius 3 is 2.57 bits per heavy atom. The third kappa shape index (κ3) is 4.77. The quantitative estimate of drug-likeness (QED) is 0.411. The fourth-order valence-corrected chi connectivity index (χ4v) is 3.76. The van der Waals surface area contributed by atoms with Gasteiger partial charge in [0.1, 0.15) is 0 Å². The van der Waals surface area contributed by atoms with Gasteiger partial charge in [-0.1, -0.05) is 30.7 Å². The van der Waals surface area contributed by atoms with Crippen molar-refractivity contribution in [2.45, 2.75) is 12.8 Å². The number of fused-ring (bicyclic) bond motifs is 1. The van der Waals surface area contributed by atoms with Gasteiger partial charge in [-0.05, 0) is 41.8 Å². The summed E-state index contributed by atoms with van der Waals surface area (Å²) >= 11 is 7.59. The largest absolute Gasteiger partial charge is 0.353 e. The van der Waals surface area contributed by atoms with E-state index in [9.17, 15) is 0 Å². The zero-order valence-corrected chi connectivity index (χ0v) is 18.5. The van der Waals surface area contributed by atoms with Crippen molar-refractivity contribution in [3.63, 3.8) is 0 Å². The molecule has 2 aromatic carbocycles. The lowest BCUT2D eigenvalue weighted by Gasteiger charge is -2.16. The van der Waals surface area contributed by atoms with Crippen LogP contribution in [0, 0.1) is 0 Å². The molecule has 9 heteroatoms. The third-order valence-corrected chi connectivity index (χ3v) is 5.66. The second-order valence-corrected chi connectivity index (χ2v) is 8.49. The van der Waals surface area contributed by atoms with E-state index in [-0.39, 0.29) is 5.92 Å². The summed E-state index contributed by atoms with van der Waals surface area (Å²) in [6.45, 7) is 2.83. The van der Waals surface area contributed by atoms with Gasteiger partial charge in [-0.25, -0.2) is 4.98 Å². The van der Waals surface area contributed by atoms with Crippen molar-refractivity contribution in [3.05, 3.63) is 58.6 Å². The fourth-order valence-electron chi connectivity index (χ4n) is 2.92. The normalized spacial score (nSPS) is 12.0. The van der Waals surface area contributed by atoms with Gasteiger partial charge < -0.3 is 15.5 Å². The molecule has 0 spiro atoms. The van der Waals surface area contributed by atoms with Gasteiger partial charge in [0.25, 0.3) is 0 Å². The minimum Gasteiger partial charge on any atom is -0.353 e. The predicted octanol–water partition coefficient (Wildman–Crippen LogP) is 5.16. The smallest absolute Gasteiger partial charge is 0.233 e. The molecule has 2 heterocycles. The fraction of sp³-hybridized carbons (Fsp3) is 0.238. The average molecular weight is 440 g/mol. The standard InChI is InChI=1S/C21H22ClN7S/c1-13(14-4-6-15(22)7-5-14)11-23-19-26-20(28-21(27-19)29(2)3)25-16-8-9-17-18(10-16)30-12-24-17/h4-10,12-13H,11H2,1-3H3,(H2,23,25,26,27,28). The summed E-state index contributed by atoms with van der Waals surface area (Å²) in [5.41, 5.74) is 4.92. The second kappa shape index (κ2) is 8.81. The molecule has 0 aliphatic heterocycles. The Morgan fingerprint density at radius 2 is 1.80 bits per heavy atom. The van der Waals surface area contributed by atoms with Crippen molar-refractivity contribution in [3.8, 4) is 0 Å². The molecule has 0 bridgehead atoms. The maximum absolute atomic E-state index is 5.99. The van der Waals surface area contributed by atoms with Crippen LogP contribution in [-0.2, 0) is 0 Å². The van der Waals surface area contributed by atoms with E-state index >= 15 is 0 Å². The number of rotatable bonds is 7. The number of benzene rings is 2. The van der Waals surface area contributed by atoms with Crippen LogP contribution in [-0.4, -0.2) is 40.6 Å². The lowest BCUT2D eigenvalue weighted by Crippen LogP contribution is -2.18. The van der Waals surface area contributed by atoms with Crippen molar-refractivity contribution in [1.82, 2.24) is 19.9 Å². The Kier molecular flexibility index (Phi) is 5.96. The van der Waals surface area contributed by atoms with Crippen molar-refractivity contribution in [2.75, 3.05) is 36.2 Å². The predicted molar refractivity (Wildman–Crippen MR) is 125 cm³/mol. The first kappa shape index (κ1) is 20.3. The lowest BCUT2D eigenvalue weighted by atomic mass is 10.0. The highest BCUT2D eigenvalue weighted by Gasteiger charge is 2.11. The van der Waals surface area contributed by atoms with Crippen molar-refractivity contribution >= 4 is 56.7 Å². The molecule has 30 heavy (non-hydrogen) atoms. The molecule has 4 rings (SSSR count). The van der Waals surface area contributed by atoms with Crippen LogP contribution in [0.2, 0.25) is 5.02 Å². The van der Waals surface area contributed by atoms with E-state index in [2.05, 4.69) is 37.5 Å². The highest BCUT2D eigenvalue weighted by Crippen LogP contribution is 2.24. The van der Waals surface area contributed by atoms with Gasteiger partial charge in [0, 0.05) is 31.4 Å².